The van der Waals surface area contributed by atoms with Crippen molar-refractivity contribution in [3.05, 3.63) is 65.5 Å². The lowest BCUT2D eigenvalue weighted by molar-refractivity contribution is -0.123. The fourth-order valence-electron chi connectivity index (χ4n) is 5.91. The van der Waals surface area contributed by atoms with E-state index in [-0.39, 0.29) is 34.3 Å². The van der Waals surface area contributed by atoms with Gasteiger partial charge in [0.05, 0.1) is 7.11 Å². The van der Waals surface area contributed by atoms with Crippen molar-refractivity contribution in [2.24, 2.45) is 11.3 Å². The minimum Gasteiger partial charge on any atom is -0.494 e. The van der Waals surface area contributed by atoms with Crippen LogP contribution in [0.15, 0.2) is 48.5 Å². The molecule has 2 aromatic carbocycles. The average molecular weight is 481 g/mol. The Bertz CT molecular complexity index is 1080. The Labute approximate surface area is 205 Å². The second-order valence-corrected chi connectivity index (χ2v) is 10.2. The molecular formula is C28H33FN2O4. The van der Waals surface area contributed by atoms with Gasteiger partial charge >= 0.3 is 0 Å². The molecule has 3 fully saturated rings. The van der Waals surface area contributed by atoms with E-state index in [1.54, 1.807) is 11.0 Å². The van der Waals surface area contributed by atoms with Gasteiger partial charge in [0.2, 0.25) is 5.91 Å². The third-order valence-electron chi connectivity index (χ3n) is 8.39. The summed E-state index contributed by atoms with van der Waals surface area (Å²) in [7, 11) is 1.40. The second kappa shape index (κ2) is 9.61. The molecule has 1 aliphatic carbocycles. The number of methoxy groups -OCH3 is 1. The predicted octanol–water partition coefficient (Wildman–Crippen LogP) is 3.94. The second-order valence-electron chi connectivity index (χ2n) is 10.2. The molecule has 2 saturated heterocycles. The van der Waals surface area contributed by atoms with E-state index in [1.807, 2.05) is 6.07 Å². The number of carbonyl (C=O) groups is 2. The van der Waals surface area contributed by atoms with Crippen LogP contribution in [0.2, 0.25) is 0 Å². The highest BCUT2D eigenvalue weighted by Crippen LogP contribution is 2.59. The van der Waals surface area contributed by atoms with Gasteiger partial charge in [-0.3, -0.25) is 9.59 Å². The normalized spacial score (nSPS) is 22.5. The van der Waals surface area contributed by atoms with E-state index in [0.717, 1.165) is 32.1 Å². The molecule has 2 aliphatic heterocycles. The topological polar surface area (TPSA) is 67.9 Å². The fraction of sp³-hybridized carbons (Fsp3) is 0.500. The summed E-state index contributed by atoms with van der Waals surface area (Å²) in [6.07, 6.45) is 4.27. The molecule has 7 heteroatoms. The Morgan fingerprint density at radius 3 is 2.46 bits per heavy atom. The van der Waals surface area contributed by atoms with Gasteiger partial charge < -0.3 is 19.7 Å². The summed E-state index contributed by atoms with van der Waals surface area (Å²) in [4.78, 5) is 27.8. The highest BCUT2D eigenvalue weighted by atomic mass is 19.1. The van der Waals surface area contributed by atoms with Crippen molar-refractivity contribution in [2.75, 3.05) is 40.0 Å². The highest BCUT2D eigenvalue weighted by Gasteiger charge is 2.58. The third-order valence-corrected chi connectivity index (χ3v) is 8.39. The van der Waals surface area contributed by atoms with Gasteiger partial charge in [0.15, 0.2) is 11.6 Å². The number of benzene rings is 2. The number of rotatable bonds is 6. The molecule has 186 valence electrons. The van der Waals surface area contributed by atoms with Gasteiger partial charge in [0.25, 0.3) is 5.91 Å². The molecule has 1 atom stereocenters. The Morgan fingerprint density at radius 2 is 1.80 bits per heavy atom. The molecule has 6 nitrogen and oxygen atoms in total. The molecule has 5 rings (SSSR count). The number of amides is 2. The Kier molecular flexibility index (Phi) is 6.53. The lowest BCUT2D eigenvalue weighted by Gasteiger charge is -2.38. The lowest BCUT2D eigenvalue weighted by Crippen LogP contribution is -2.46. The third kappa shape index (κ3) is 4.66. The first-order valence-electron chi connectivity index (χ1n) is 12.5. The number of ether oxygens (including phenoxy) is 2. The maximum Gasteiger partial charge on any atom is 0.253 e. The van der Waals surface area contributed by atoms with Crippen LogP contribution in [0.5, 0.6) is 5.75 Å². The standard InChI is InChI=1S/C28H33FN2O4/c1-34-24-8-7-20(17-23(24)29)26(33)31-13-9-27(10-14-31)18-22(27)25(32)30-19-28(11-15-35-16-12-28)21-5-3-2-4-6-21/h2-8,17,22H,9-16,18-19H2,1H3,(H,30,32). The number of carbonyl (C=O) groups excluding carboxylic acids is 2. The average Bonchev–Trinajstić information content (AvgIpc) is 3.61. The predicted molar refractivity (Wildman–Crippen MR) is 130 cm³/mol. The zero-order valence-electron chi connectivity index (χ0n) is 20.2. The molecule has 3 aliphatic rings. The van der Waals surface area contributed by atoms with Crippen LogP contribution in [-0.2, 0) is 14.9 Å². The number of piperidine rings is 1. The van der Waals surface area contributed by atoms with Crippen LogP contribution in [0, 0.1) is 17.2 Å². The molecule has 0 bridgehead atoms. The van der Waals surface area contributed by atoms with Crippen LogP contribution >= 0.6 is 0 Å². The number of nitrogens with one attached hydrogen (secondary N) is 1. The Hall–Kier alpha value is -2.93. The van der Waals surface area contributed by atoms with E-state index in [0.29, 0.717) is 38.4 Å². The van der Waals surface area contributed by atoms with Crippen molar-refractivity contribution in [1.29, 1.82) is 0 Å². The minimum atomic E-state index is -0.538. The first kappa shape index (κ1) is 23.8. The van der Waals surface area contributed by atoms with Crippen LogP contribution in [0.3, 0.4) is 0 Å². The minimum absolute atomic E-state index is 0.00541. The molecule has 2 aromatic rings. The molecular weight excluding hydrogens is 447 g/mol. The summed E-state index contributed by atoms with van der Waals surface area (Å²) in [5.41, 5.74) is 1.49. The van der Waals surface area contributed by atoms with Crippen molar-refractivity contribution in [1.82, 2.24) is 10.2 Å². The monoisotopic (exact) mass is 480 g/mol. The molecule has 1 unspecified atom stereocenters. The van der Waals surface area contributed by atoms with Gasteiger partial charge in [-0.2, -0.15) is 0 Å². The highest BCUT2D eigenvalue weighted by molar-refractivity contribution is 5.94. The van der Waals surface area contributed by atoms with E-state index in [4.69, 9.17) is 9.47 Å². The number of hydrogen-bond acceptors (Lipinski definition) is 4. The lowest BCUT2D eigenvalue weighted by atomic mass is 9.74. The van der Waals surface area contributed by atoms with E-state index in [2.05, 4.69) is 29.6 Å². The van der Waals surface area contributed by atoms with Gasteiger partial charge in [0, 0.05) is 49.7 Å². The molecule has 1 spiro atoms. The largest absolute Gasteiger partial charge is 0.494 e. The Morgan fingerprint density at radius 1 is 1.09 bits per heavy atom. The van der Waals surface area contributed by atoms with Crippen LogP contribution in [0.1, 0.15) is 48.0 Å². The maximum atomic E-state index is 14.0. The van der Waals surface area contributed by atoms with E-state index >= 15 is 0 Å². The van der Waals surface area contributed by atoms with Crippen molar-refractivity contribution in [3.63, 3.8) is 0 Å². The van der Waals surface area contributed by atoms with Gasteiger partial charge in [-0.15, -0.1) is 0 Å². The molecule has 1 saturated carbocycles. The van der Waals surface area contributed by atoms with E-state index < -0.39 is 5.82 Å². The molecule has 2 heterocycles. The summed E-state index contributed by atoms with van der Waals surface area (Å²) in [5.74, 6) is -0.452. The van der Waals surface area contributed by atoms with Crippen LogP contribution in [0.25, 0.3) is 0 Å². The number of halogens is 1. The summed E-state index contributed by atoms with van der Waals surface area (Å²) in [6, 6.07) is 14.7. The molecule has 1 N–H and O–H groups in total. The molecule has 0 aromatic heterocycles. The molecule has 35 heavy (non-hydrogen) atoms. The van der Waals surface area contributed by atoms with Crippen LogP contribution in [0.4, 0.5) is 4.39 Å². The zero-order valence-corrected chi connectivity index (χ0v) is 20.2. The van der Waals surface area contributed by atoms with Gasteiger partial charge in [-0.05, 0) is 61.3 Å². The fourth-order valence-corrected chi connectivity index (χ4v) is 5.91. The number of nitrogens with zero attached hydrogens (tertiary/aromatic N) is 1. The summed E-state index contributed by atoms with van der Waals surface area (Å²) in [6.45, 7) is 3.21. The maximum absolute atomic E-state index is 14.0. The van der Waals surface area contributed by atoms with Crippen molar-refractivity contribution >= 4 is 11.8 Å². The first-order chi connectivity index (χ1) is 17.0. The van der Waals surface area contributed by atoms with E-state index in [1.165, 1.54) is 24.8 Å². The van der Waals surface area contributed by atoms with E-state index in [9.17, 15) is 14.0 Å². The van der Waals surface area contributed by atoms with Crippen LogP contribution < -0.4 is 10.1 Å². The SMILES string of the molecule is COc1ccc(C(=O)N2CCC3(CC2)CC3C(=O)NCC2(c3ccccc3)CCOCC2)cc1F. The molecule has 0 radical (unpaired) electrons. The van der Waals surface area contributed by atoms with Gasteiger partial charge in [-0.1, -0.05) is 30.3 Å². The molecule has 2 amide bonds. The van der Waals surface area contributed by atoms with Crippen molar-refractivity contribution in [3.8, 4) is 5.75 Å². The quantitative estimate of drug-likeness (QED) is 0.680. The first-order valence-corrected chi connectivity index (χ1v) is 12.5. The van der Waals surface area contributed by atoms with Crippen molar-refractivity contribution < 1.29 is 23.5 Å². The smallest absolute Gasteiger partial charge is 0.253 e. The summed E-state index contributed by atoms with van der Waals surface area (Å²) in [5, 5.41) is 3.27. The number of hydrogen-bond donors (Lipinski definition) is 1. The van der Waals surface area contributed by atoms with Gasteiger partial charge in [0.1, 0.15) is 0 Å². The Balaban J connectivity index is 1.16. The van der Waals surface area contributed by atoms with Crippen molar-refractivity contribution in [2.45, 2.75) is 37.5 Å². The number of likely N-dealkylation sites (tertiary alicyclic amines) is 1. The zero-order chi connectivity index (χ0) is 24.5. The van der Waals surface area contributed by atoms with Crippen LogP contribution in [-0.4, -0.2) is 56.7 Å². The summed E-state index contributed by atoms with van der Waals surface area (Å²) >= 11 is 0. The van der Waals surface area contributed by atoms with Gasteiger partial charge in [-0.25, -0.2) is 4.39 Å². The summed E-state index contributed by atoms with van der Waals surface area (Å²) < 4.78 is 24.6.